The van der Waals surface area contributed by atoms with Gasteiger partial charge in [0.05, 0.1) is 39.0 Å². The molecule has 4 aliphatic rings. The largest absolute Gasteiger partial charge is 0.352 e. The van der Waals surface area contributed by atoms with Crippen molar-refractivity contribution < 1.29 is 23.3 Å². The van der Waals surface area contributed by atoms with Gasteiger partial charge in [-0.05, 0) is 49.5 Å². The summed E-state index contributed by atoms with van der Waals surface area (Å²) < 4.78 is 36.4. The van der Waals surface area contributed by atoms with Crippen molar-refractivity contribution in [3.8, 4) is 0 Å². The number of alkyl halides is 1. The van der Waals surface area contributed by atoms with Gasteiger partial charge in [-0.1, -0.05) is 25.2 Å². The molecule has 0 radical (unpaired) electrons. The average molecular weight is 381 g/mol. The minimum absolute atomic E-state index is 0.151. The van der Waals surface area contributed by atoms with Crippen molar-refractivity contribution in [1.29, 1.82) is 0 Å². The summed E-state index contributed by atoms with van der Waals surface area (Å²) in [6.45, 7) is 4.71. The maximum absolute atomic E-state index is 12.8. The molecule has 2 aliphatic carbocycles. The molecule has 0 amide bonds. The van der Waals surface area contributed by atoms with Crippen LogP contribution in [0.5, 0.6) is 0 Å². The van der Waals surface area contributed by atoms with Crippen molar-refractivity contribution in [3.63, 3.8) is 0 Å². The number of allylic oxidation sites excluding steroid dienone is 3. The number of hydrogen-bond acceptors (Lipinski definition) is 4. The normalized spacial score (nSPS) is 43.3. The first-order valence-corrected chi connectivity index (χ1v) is 10.6. The molecule has 152 valence electrons. The summed E-state index contributed by atoms with van der Waals surface area (Å²) in [5, 5.41) is 0. The average Bonchev–Trinajstić information content (AvgIpc) is 2.75. The van der Waals surface area contributed by atoms with Crippen LogP contribution in [-0.4, -0.2) is 45.7 Å². The Morgan fingerprint density at radius 1 is 0.926 bits per heavy atom. The van der Waals surface area contributed by atoms with Crippen LogP contribution >= 0.6 is 0 Å². The Bertz CT molecular complexity index is 524. The summed E-state index contributed by atoms with van der Waals surface area (Å²) in [6.07, 6.45) is 11.7. The monoisotopic (exact) mass is 380 g/mol. The van der Waals surface area contributed by atoms with Crippen molar-refractivity contribution in [2.75, 3.05) is 33.1 Å². The molecule has 1 unspecified atom stereocenters. The van der Waals surface area contributed by atoms with E-state index in [1.807, 2.05) is 0 Å². The summed E-state index contributed by atoms with van der Waals surface area (Å²) in [5.41, 5.74) is 1.43. The van der Waals surface area contributed by atoms with Crippen molar-refractivity contribution in [1.82, 2.24) is 0 Å². The smallest absolute Gasteiger partial charge is 0.164 e. The van der Waals surface area contributed by atoms with Gasteiger partial charge >= 0.3 is 0 Å². The molecular formula is C22H33FO4. The molecule has 1 saturated carbocycles. The lowest BCUT2D eigenvalue weighted by molar-refractivity contribution is -0.285. The molecule has 0 N–H and O–H groups in total. The van der Waals surface area contributed by atoms with Gasteiger partial charge in [0.2, 0.25) is 0 Å². The highest BCUT2D eigenvalue weighted by Crippen LogP contribution is 2.37. The van der Waals surface area contributed by atoms with E-state index in [0.717, 1.165) is 45.3 Å². The van der Waals surface area contributed by atoms with Crippen molar-refractivity contribution in [2.24, 2.45) is 29.6 Å². The molecule has 2 heterocycles. The summed E-state index contributed by atoms with van der Waals surface area (Å²) >= 11 is 0. The molecule has 0 spiro atoms. The van der Waals surface area contributed by atoms with Crippen molar-refractivity contribution in [2.45, 2.75) is 51.6 Å². The third-order valence-corrected chi connectivity index (χ3v) is 6.47. The zero-order valence-electron chi connectivity index (χ0n) is 16.4. The molecule has 27 heavy (non-hydrogen) atoms. The quantitative estimate of drug-likeness (QED) is 0.730. The maximum atomic E-state index is 12.8. The highest BCUT2D eigenvalue weighted by molar-refractivity contribution is 5.27. The Labute approximate surface area is 162 Å². The fraction of sp³-hybridized carbons (Fsp3) is 0.818. The van der Waals surface area contributed by atoms with Crippen LogP contribution in [0.25, 0.3) is 0 Å². The van der Waals surface area contributed by atoms with Crippen LogP contribution in [-0.2, 0) is 18.9 Å². The van der Waals surface area contributed by atoms with E-state index in [2.05, 4.69) is 25.2 Å². The van der Waals surface area contributed by atoms with Crippen LogP contribution < -0.4 is 0 Å². The van der Waals surface area contributed by atoms with Gasteiger partial charge in [-0.15, -0.1) is 0 Å². The van der Waals surface area contributed by atoms with Crippen LogP contribution in [0.1, 0.15) is 39.0 Å². The lowest BCUT2D eigenvalue weighted by Crippen LogP contribution is -2.45. The highest BCUT2D eigenvalue weighted by atomic mass is 19.1. The third-order valence-electron chi connectivity index (χ3n) is 6.47. The van der Waals surface area contributed by atoms with Gasteiger partial charge in [0.15, 0.2) is 12.6 Å². The Morgan fingerprint density at radius 3 is 2.19 bits per heavy atom. The molecule has 0 aromatic rings. The van der Waals surface area contributed by atoms with E-state index in [1.54, 1.807) is 0 Å². The minimum atomic E-state index is -0.199. The van der Waals surface area contributed by atoms with Gasteiger partial charge in [-0.3, -0.25) is 4.39 Å². The van der Waals surface area contributed by atoms with Crippen LogP contribution in [0.4, 0.5) is 4.39 Å². The zero-order chi connectivity index (χ0) is 18.6. The first-order chi connectivity index (χ1) is 13.2. The molecule has 3 fully saturated rings. The van der Waals surface area contributed by atoms with E-state index in [-0.39, 0.29) is 31.1 Å². The van der Waals surface area contributed by atoms with Gasteiger partial charge < -0.3 is 18.9 Å². The third kappa shape index (κ3) is 4.81. The SMILES string of the molecule is CC1COC(C2COC(C3C=CC(C4CCC(CF)CC4)=CC3)OC2)OC1. The number of hydrogen-bond donors (Lipinski definition) is 0. The number of ether oxygens (including phenoxy) is 4. The molecule has 0 bridgehead atoms. The molecule has 0 aromatic heterocycles. The van der Waals surface area contributed by atoms with Gasteiger partial charge in [-0.25, -0.2) is 0 Å². The van der Waals surface area contributed by atoms with Crippen LogP contribution in [0, 0.1) is 29.6 Å². The fourth-order valence-corrected chi connectivity index (χ4v) is 4.63. The first-order valence-electron chi connectivity index (χ1n) is 10.6. The molecule has 2 aliphatic heterocycles. The van der Waals surface area contributed by atoms with Crippen molar-refractivity contribution >= 4 is 0 Å². The molecule has 0 aromatic carbocycles. The van der Waals surface area contributed by atoms with Crippen LogP contribution in [0.3, 0.4) is 0 Å². The Morgan fingerprint density at radius 2 is 1.59 bits per heavy atom. The van der Waals surface area contributed by atoms with Gasteiger partial charge in [-0.2, -0.15) is 0 Å². The first kappa shape index (κ1) is 19.6. The standard InChI is InChI=1S/C22H33FO4/c1-15-11-24-22(25-12-15)20-13-26-21(27-14-20)19-8-6-18(7-9-19)17-4-2-16(10-23)3-5-17/h6-8,15-17,19-22H,2-5,9-14H2,1H3. The van der Waals surface area contributed by atoms with Gasteiger partial charge in [0.1, 0.15) is 0 Å². The van der Waals surface area contributed by atoms with E-state index in [9.17, 15) is 4.39 Å². The fourth-order valence-electron chi connectivity index (χ4n) is 4.63. The zero-order valence-corrected chi connectivity index (χ0v) is 16.4. The highest BCUT2D eigenvalue weighted by Gasteiger charge is 2.35. The molecular weight excluding hydrogens is 347 g/mol. The lowest BCUT2D eigenvalue weighted by Gasteiger charge is -2.39. The van der Waals surface area contributed by atoms with Crippen molar-refractivity contribution in [3.05, 3.63) is 23.8 Å². The molecule has 2 saturated heterocycles. The predicted molar refractivity (Wildman–Crippen MR) is 101 cm³/mol. The Kier molecular flexibility index (Phi) is 6.64. The van der Waals surface area contributed by atoms with Crippen LogP contribution in [0.15, 0.2) is 23.8 Å². The summed E-state index contributed by atoms with van der Waals surface area (Å²) in [4.78, 5) is 0. The summed E-state index contributed by atoms with van der Waals surface area (Å²) in [5.74, 6) is 1.77. The van der Waals surface area contributed by atoms with E-state index in [1.165, 1.54) is 5.57 Å². The molecule has 1 atom stereocenters. The second-order valence-electron chi connectivity index (χ2n) is 8.77. The number of rotatable bonds is 4. The molecule has 4 rings (SSSR count). The van der Waals surface area contributed by atoms with E-state index >= 15 is 0 Å². The summed E-state index contributed by atoms with van der Waals surface area (Å²) in [6, 6.07) is 0. The van der Waals surface area contributed by atoms with Gasteiger partial charge in [0.25, 0.3) is 0 Å². The lowest BCUT2D eigenvalue weighted by atomic mass is 9.77. The Hall–Kier alpha value is -0.750. The second-order valence-corrected chi connectivity index (χ2v) is 8.77. The number of halogens is 1. The van der Waals surface area contributed by atoms with E-state index in [4.69, 9.17) is 18.9 Å². The van der Waals surface area contributed by atoms with Gasteiger partial charge in [0, 0.05) is 11.8 Å². The minimum Gasteiger partial charge on any atom is -0.352 e. The van der Waals surface area contributed by atoms with E-state index in [0.29, 0.717) is 31.0 Å². The topological polar surface area (TPSA) is 36.9 Å². The molecule has 5 heteroatoms. The van der Waals surface area contributed by atoms with E-state index < -0.39 is 0 Å². The predicted octanol–water partition coefficient (Wildman–Crippen LogP) is 4.26. The molecule has 4 nitrogen and oxygen atoms in total. The Balaban J connectivity index is 1.22. The second kappa shape index (κ2) is 9.17. The maximum Gasteiger partial charge on any atom is 0.164 e. The summed E-state index contributed by atoms with van der Waals surface area (Å²) in [7, 11) is 0. The van der Waals surface area contributed by atoms with Crippen LogP contribution in [0.2, 0.25) is 0 Å².